The van der Waals surface area contributed by atoms with E-state index < -0.39 is 12.4 Å². The Kier molecular flexibility index (Phi) is 3.35. The molecule has 2 aliphatic heterocycles. The van der Waals surface area contributed by atoms with Gasteiger partial charge in [-0.05, 0) is 0 Å². The van der Waals surface area contributed by atoms with Crippen LogP contribution in [0.15, 0.2) is 0 Å². The highest BCUT2D eigenvalue weighted by atomic mass is 16.7. The summed E-state index contributed by atoms with van der Waals surface area (Å²) in [7, 11) is 0. The zero-order valence-corrected chi connectivity index (χ0v) is 8.22. The first-order valence-electron chi connectivity index (χ1n) is 4.93. The van der Waals surface area contributed by atoms with E-state index in [1.807, 2.05) is 6.92 Å². The summed E-state index contributed by atoms with van der Waals surface area (Å²) in [6.07, 6.45) is -1.56. The smallest absolute Gasteiger partial charge is 0.184 e. The highest BCUT2D eigenvalue weighted by Crippen LogP contribution is 2.22. The quantitative estimate of drug-likeness (QED) is 0.685. The van der Waals surface area contributed by atoms with Crippen molar-refractivity contribution in [3.05, 3.63) is 0 Å². The Bertz CT molecular complexity index is 154. The van der Waals surface area contributed by atoms with Crippen molar-refractivity contribution in [1.29, 1.82) is 0 Å². The first-order chi connectivity index (χ1) is 6.79. The third-order valence-corrected chi connectivity index (χ3v) is 2.54. The number of aliphatic hydroxyl groups is 1. The van der Waals surface area contributed by atoms with Gasteiger partial charge >= 0.3 is 0 Å². The Balaban J connectivity index is 1.85. The van der Waals surface area contributed by atoms with Crippen LogP contribution in [0.2, 0.25) is 0 Å². The summed E-state index contributed by atoms with van der Waals surface area (Å²) < 4.78 is 21.0. The number of hydrogen-bond donors (Lipinski definition) is 1. The van der Waals surface area contributed by atoms with E-state index >= 15 is 0 Å². The van der Waals surface area contributed by atoms with Gasteiger partial charge in [0.2, 0.25) is 0 Å². The van der Waals surface area contributed by atoms with E-state index in [0.717, 1.165) is 0 Å². The molecule has 2 rings (SSSR count). The van der Waals surface area contributed by atoms with Crippen molar-refractivity contribution in [3.63, 3.8) is 0 Å². The van der Waals surface area contributed by atoms with Crippen LogP contribution in [0.3, 0.4) is 0 Å². The molecule has 0 radical (unpaired) electrons. The lowest BCUT2D eigenvalue weighted by Gasteiger charge is -2.26. The maximum absolute atomic E-state index is 9.87. The van der Waals surface area contributed by atoms with Crippen LogP contribution < -0.4 is 0 Å². The lowest BCUT2D eigenvalue weighted by atomic mass is 10.0. The maximum Gasteiger partial charge on any atom is 0.184 e. The average molecular weight is 204 g/mol. The molecule has 2 fully saturated rings. The SMILES string of the molecule is CC(C1OCCO1)C(O)C1OCCO1. The van der Waals surface area contributed by atoms with Crippen LogP contribution in [0.25, 0.3) is 0 Å². The van der Waals surface area contributed by atoms with Crippen LogP contribution in [-0.4, -0.2) is 50.2 Å². The Morgan fingerprint density at radius 1 is 0.929 bits per heavy atom. The van der Waals surface area contributed by atoms with Crippen LogP contribution in [0.5, 0.6) is 0 Å². The first kappa shape index (κ1) is 10.3. The van der Waals surface area contributed by atoms with Gasteiger partial charge in [0.1, 0.15) is 6.10 Å². The minimum Gasteiger partial charge on any atom is -0.387 e. The van der Waals surface area contributed by atoms with Crippen molar-refractivity contribution in [2.24, 2.45) is 5.92 Å². The molecule has 0 aromatic carbocycles. The van der Waals surface area contributed by atoms with Crippen LogP contribution in [-0.2, 0) is 18.9 Å². The van der Waals surface area contributed by atoms with Crippen molar-refractivity contribution < 1.29 is 24.1 Å². The van der Waals surface area contributed by atoms with Gasteiger partial charge < -0.3 is 24.1 Å². The molecule has 0 bridgehead atoms. The van der Waals surface area contributed by atoms with Crippen LogP contribution >= 0.6 is 0 Å². The second-order valence-corrected chi connectivity index (χ2v) is 3.57. The molecule has 0 aliphatic carbocycles. The van der Waals surface area contributed by atoms with Crippen molar-refractivity contribution in [3.8, 4) is 0 Å². The molecule has 14 heavy (non-hydrogen) atoms. The maximum atomic E-state index is 9.87. The predicted molar refractivity (Wildman–Crippen MR) is 46.6 cm³/mol. The van der Waals surface area contributed by atoms with E-state index in [1.165, 1.54) is 0 Å². The highest BCUT2D eigenvalue weighted by Gasteiger charge is 2.36. The molecule has 0 amide bonds. The highest BCUT2D eigenvalue weighted by molar-refractivity contribution is 4.74. The second-order valence-electron chi connectivity index (χ2n) is 3.57. The van der Waals surface area contributed by atoms with Crippen LogP contribution in [0, 0.1) is 5.92 Å². The van der Waals surface area contributed by atoms with E-state index in [9.17, 15) is 5.11 Å². The number of rotatable bonds is 3. The fourth-order valence-corrected chi connectivity index (χ4v) is 1.66. The minimum absolute atomic E-state index is 0.138. The summed E-state index contributed by atoms with van der Waals surface area (Å²) in [5, 5.41) is 9.87. The molecule has 82 valence electrons. The molecule has 2 aliphatic rings. The van der Waals surface area contributed by atoms with Crippen molar-refractivity contribution in [2.75, 3.05) is 26.4 Å². The molecule has 0 saturated carbocycles. The largest absolute Gasteiger partial charge is 0.387 e. The molecule has 2 atom stereocenters. The summed E-state index contributed by atoms with van der Waals surface area (Å²) in [6.45, 7) is 4.13. The standard InChI is InChI=1S/C9H16O5/c1-6(8-11-2-3-12-8)7(10)9-13-4-5-14-9/h6-10H,2-5H2,1H3. The fourth-order valence-electron chi connectivity index (χ4n) is 1.66. The van der Waals surface area contributed by atoms with Crippen molar-refractivity contribution in [1.82, 2.24) is 0 Å². The fraction of sp³-hybridized carbons (Fsp3) is 1.00. The van der Waals surface area contributed by atoms with Crippen LogP contribution in [0.1, 0.15) is 6.92 Å². The number of hydrogen-bond acceptors (Lipinski definition) is 5. The van der Waals surface area contributed by atoms with Gasteiger partial charge in [0.15, 0.2) is 12.6 Å². The zero-order valence-electron chi connectivity index (χ0n) is 8.22. The zero-order chi connectivity index (χ0) is 9.97. The average Bonchev–Trinajstić information content (AvgIpc) is 2.87. The normalized spacial score (nSPS) is 29.6. The summed E-state index contributed by atoms with van der Waals surface area (Å²) >= 11 is 0. The van der Waals surface area contributed by atoms with E-state index in [-0.39, 0.29) is 12.2 Å². The number of ether oxygens (including phenoxy) is 4. The molecule has 1 N–H and O–H groups in total. The molecular formula is C9H16O5. The molecule has 2 heterocycles. The molecule has 5 nitrogen and oxygen atoms in total. The van der Waals surface area contributed by atoms with Crippen molar-refractivity contribution >= 4 is 0 Å². The Hall–Kier alpha value is -0.200. The van der Waals surface area contributed by atoms with Gasteiger partial charge in [0, 0.05) is 5.92 Å². The topological polar surface area (TPSA) is 57.2 Å². The van der Waals surface area contributed by atoms with Gasteiger partial charge in [-0.25, -0.2) is 0 Å². The van der Waals surface area contributed by atoms with Gasteiger partial charge in [-0.2, -0.15) is 0 Å². The van der Waals surface area contributed by atoms with Gasteiger partial charge in [-0.3, -0.25) is 0 Å². The molecule has 5 heteroatoms. The lowest BCUT2D eigenvalue weighted by molar-refractivity contribution is -0.181. The first-order valence-corrected chi connectivity index (χ1v) is 4.93. The summed E-state index contributed by atoms with van der Waals surface area (Å²) in [6, 6.07) is 0. The molecular weight excluding hydrogens is 188 g/mol. The molecule has 2 unspecified atom stereocenters. The minimum atomic E-state index is -0.694. The third-order valence-electron chi connectivity index (χ3n) is 2.54. The Morgan fingerprint density at radius 3 is 1.86 bits per heavy atom. The van der Waals surface area contributed by atoms with Crippen molar-refractivity contribution in [2.45, 2.75) is 25.6 Å². The summed E-state index contributed by atoms with van der Waals surface area (Å²) in [4.78, 5) is 0. The van der Waals surface area contributed by atoms with Gasteiger partial charge in [-0.1, -0.05) is 6.92 Å². The predicted octanol–water partition coefficient (Wildman–Crippen LogP) is -0.271. The van der Waals surface area contributed by atoms with Gasteiger partial charge in [0.25, 0.3) is 0 Å². The summed E-state index contributed by atoms with van der Waals surface area (Å²) in [5.41, 5.74) is 0. The monoisotopic (exact) mass is 204 g/mol. The van der Waals surface area contributed by atoms with Gasteiger partial charge in [0.05, 0.1) is 26.4 Å². The molecule has 0 aromatic heterocycles. The summed E-state index contributed by atoms with van der Waals surface area (Å²) in [5.74, 6) is -0.138. The van der Waals surface area contributed by atoms with Gasteiger partial charge in [-0.15, -0.1) is 0 Å². The Morgan fingerprint density at radius 2 is 1.36 bits per heavy atom. The third kappa shape index (κ3) is 2.07. The van der Waals surface area contributed by atoms with E-state index in [4.69, 9.17) is 18.9 Å². The molecule has 0 spiro atoms. The molecule has 0 aromatic rings. The van der Waals surface area contributed by atoms with Crippen LogP contribution in [0.4, 0.5) is 0 Å². The number of aliphatic hydroxyl groups excluding tert-OH is 1. The second kappa shape index (κ2) is 4.55. The molecule has 2 saturated heterocycles. The van der Waals surface area contributed by atoms with E-state index in [0.29, 0.717) is 26.4 Å². The lowest BCUT2D eigenvalue weighted by Crippen LogP contribution is -2.39. The van der Waals surface area contributed by atoms with E-state index in [1.54, 1.807) is 0 Å². The van der Waals surface area contributed by atoms with E-state index in [2.05, 4.69) is 0 Å². The Labute approximate surface area is 82.9 Å².